The van der Waals surface area contributed by atoms with Gasteiger partial charge in [-0.3, -0.25) is 23.6 Å². The number of anilines is 1. The van der Waals surface area contributed by atoms with E-state index < -0.39 is 41.8 Å². The van der Waals surface area contributed by atoms with E-state index in [4.69, 9.17) is 15.2 Å². The van der Waals surface area contributed by atoms with Gasteiger partial charge in [-0.15, -0.1) is 0 Å². The molecular formula is C45H32F6N6O4. The molecule has 0 saturated carbocycles. The number of amides is 2. The van der Waals surface area contributed by atoms with Crippen molar-refractivity contribution in [3.63, 3.8) is 0 Å². The number of hydrogen-bond acceptors (Lipinski definition) is 6. The lowest BCUT2D eigenvalue weighted by Gasteiger charge is -2.22. The summed E-state index contributed by atoms with van der Waals surface area (Å²) in [6.07, 6.45) is -9.12. The van der Waals surface area contributed by atoms with Crippen LogP contribution in [0.5, 0.6) is 23.5 Å². The van der Waals surface area contributed by atoms with Crippen LogP contribution in [0.3, 0.4) is 0 Å². The fraction of sp³-hybridized carbons (Fsp3) is 0.111. The third-order valence-corrected chi connectivity index (χ3v) is 9.93. The minimum Gasteiger partial charge on any atom is -0.425 e. The second kappa shape index (κ2) is 15.5. The summed E-state index contributed by atoms with van der Waals surface area (Å²) in [6.45, 7) is -0.471. The van der Waals surface area contributed by atoms with Crippen molar-refractivity contribution in [1.29, 1.82) is 0 Å². The van der Waals surface area contributed by atoms with Crippen LogP contribution in [0, 0.1) is 0 Å². The highest BCUT2D eigenvalue weighted by molar-refractivity contribution is 6.10. The summed E-state index contributed by atoms with van der Waals surface area (Å²) in [5, 5.41) is 0. The highest BCUT2D eigenvalue weighted by atomic mass is 19.4. The van der Waals surface area contributed by atoms with Crippen molar-refractivity contribution >= 4 is 39.6 Å². The number of benzene rings is 6. The van der Waals surface area contributed by atoms with Crippen LogP contribution in [0.1, 0.15) is 21.5 Å². The van der Waals surface area contributed by atoms with Gasteiger partial charge in [0, 0.05) is 36.5 Å². The first-order chi connectivity index (χ1) is 29.0. The van der Waals surface area contributed by atoms with Gasteiger partial charge in [-0.2, -0.15) is 36.3 Å². The van der Waals surface area contributed by atoms with E-state index in [0.29, 0.717) is 50.0 Å². The Morgan fingerprint density at radius 1 is 0.607 bits per heavy atom. The van der Waals surface area contributed by atoms with Crippen LogP contribution in [-0.4, -0.2) is 37.5 Å². The lowest BCUT2D eigenvalue weighted by atomic mass is 10.0. The molecule has 0 saturated heterocycles. The Kier molecular flexibility index (Phi) is 10.2. The third kappa shape index (κ3) is 8.07. The van der Waals surface area contributed by atoms with E-state index in [1.165, 1.54) is 29.2 Å². The Balaban J connectivity index is 1.11. The van der Waals surface area contributed by atoms with E-state index in [2.05, 4.69) is 9.97 Å². The van der Waals surface area contributed by atoms with Crippen LogP contribution in [0.2, 0.25) is 0 Å². The average molecular weight is 835 g/mol. The van der Waals surface area contributed by atoms with E-state index in [-0.39, 0.29) is 29.1 Å². The molecule has 0 fully saturated rings. The molecule has 0 spiro atoms. The summed E-state index contributed by atoms with van der Waals surface area (Å²) >= 11 is 0. The number of carbonyl (C=O) groups excluding carboxylic acids is 2. The fourth-order valence-electron chi connectivity index (χ4n) is 6.97. The van der Waals surface area contributed by atoms with Gasteiger partial charge < -0.3 is 15.2 Å². The minimum absolute atomic E-state index is 0.0439. The molecule has 2 amide bonds. The van der Waals surface area contributed by atoms with Gasteiger partial charge in [-0.25, -0.2) is 0 Å². The Labute approximate surface area is 343 Å². The predicted octanol–water partition coefficient (Wildman–Crippen LogP) is 10.5. The molecule has 6 aromatic carbocycles. The van der Waals surface area contributed by atoms with Crippen molar-refractivity contribution in [2.45, 2.75) is 12.4 Å². The normalized spacial score (nSPS) is 11.9. The molecular weight excluding hydrogens is 803 g/mol. The Morgan fingerprint density at radius 3 is 1.56 bits per heavy atom. The maximum Gasteiger partial charge on any atom is 0.416 e. The summed E-state index contributed by atoms with van der Waals surface area (Å²) in [4.78, 5) is 37.3. The molecule has 0 unspecified atom stereocenters. The maximum absolute atomic E-state index is 14.4. The van der Waals surface area contributed by atoms with E-state index in [1.54, 1.807) is 108 Å². The van der Waals surface area contributed by atoms with Gasteiger partial charge >= 0.3 is 24.4 Å². The number of carbonyl (C=O) groups is 2. The molecule has 8 rings (SSSR count). The SMILES string of the molecule is Cn1c(Oc2cccc(C(F)(F)F)c2)nc2c(-c3cccc(C(=O)N(CC(N)=O)c4cccc(-c5cccc6c5nc(Oc5cccc(C(F)(F)F)c5)n6C)c4)c3)cccc21. The lowest BCUT2D eigenvalue weighted by molar-refractivity contribution is -0.138. The van der Waals surface area contributed by atoms with Crippen LogP contribution in [0.15, 0.2) is 133 Å². The van der Waals surface area contributed by atoms with E-state index in [0.717, 1.165) is 24.3 Å². The minimum atomic E-state index is -4.56. The van der Waals surface area contributed by atoms with Gasteiger partial charge in [0.05, 0.1) is 22.2 Å². The van der Waals surface area contributed by atoms with Gasteiger partial charge in [-0.05, 0) is 83.9 Å². The van der Waals surface area contributed by atoms with Crippen molar-refractivity contribution in [2.75, 3.05) is 11.4 Å². The van der Waals surface area contributed by atoms with Crippen LogP contribution in [0.4, 0.5) is 32.0 Å². The topological polar surface area (TPSA) is 118 Å². The largest absolute Gasteiger partial charge is 0.425 e. The highest BCUT2D eigenvalue weighted by Crippen LogP contribution is 2.38. The summed E-state index contributed by atoms with van der Waals surface area (Å²) in [6, 6.07) is 33.2. The molecule has 16 heteroatoms. The Hall–Kier alpha value is -7.62. The monoisotopic (exact) mass is 834 g/mol. The second-order valence-electron chi connectivity index (χ2n) is 14.0. The molecule has 0 bridgehead atoms. The van der Waals surface area contributed by atoms with Crippen LogP contribution in [-0.2, 0) is 31.2 Å². The van der Waals surface area contributed by atoms with E-state index >= 15 is 0 Å². The molecule has 2 aromatic heterocycles. The average Bonchev–Trinajstić information content (AvgIpc) is 3.73. The summed E-state index contributed by atoms with van der Waals surface area (Å²) in [5.74, 6) is -1.42. The van der Waals surface area contributed by atoms with E-state index in [9.17, 15) is 35.9 Å². The number of aromatic nitrogens is 4. The van der Waals surface area contributed by atoms with Crippen molar-refractivity contribution in [3.05, 3.63) is 150 Å². The fourth-order valence-corrected chi connectivity index (χ4v) is 6.97. The third-order valence-electron chi connectivity index (χ3n) is 9.93. The van der Waals surface area contributed by atoms with Crippen molar-refractivity contribution in [3.8, 4) is 45.8 Å². The van der Waals surface area contributed by atoms with Crippen LogP contribution < -0.4 is 20.1 Å². The predicted molar refractivity (Wildman–Crippen MR) is 216 cm³/mol. The molecule has 2 N–H and O–H groups in total. The van der Waals surface area contributed by atoms with Gasteiger partial charge in [-0.1, -0.05) is 60.7 Å². The molecule has 0 aliphatic heterocycles. The molecule has 0 atom stereocenters. The summed E-state index contributed by atoms with van der Waals surface area (Å²) in [7, 11) is 3.33. The second-order valence-corrected chi connectivity index (χ2v) is 14.0. The number of rotatable bonds is 10. The molecule has 0 radical (unpaired) electrons. The van der Waals surface area contributed by atoms with Crippen molar-refractivity contribution in [2.24, 2.45) is 19.8 Å². The Bertz CT molecular complexity index is 2990. The van der Waals surface area contributed by atoms with Gasteiger partial charge in [0.15, 0.2) is 0 Å². The number of nitrogens with two attached hydrogens (primary N) is 1. The molecule has 0 aliphatic carbocycles. The van der Waals surface area contributed by atoms with Gasteiger partial charge in [0.1, 0.15) is 29.1 Å². The number of para-hydroxylation sites is 2. The van der Waals surface area contributed by atoms with Crippen LogP contribution in [0.25, 0.3) is 44.3 Å². The number of ether oxygens (including phenoxy) is 2. The number of primary amides is 1. The highest BCUT2D eigenvalue weighted by Gasteiger charge is 2.32. The van der Waals surface area contributed by atoms with Gasteiger partial charge in [0.25, 0.3) is 5.91 Å². The van der Waals surface area contributed by atoms with E-state index in [1.807, 2.05) is 0 Å². The number of hydrogen-bond donors (Lipinski definition) is 1. The summed E-state index contributed by atoms with van der Waals surface area (Å²) < 4.78 is 95.1. The maximum atomic E-state index is 14.4. The molecule has 10 nitrogen and oxygen atoms in total. The molecule has 2 heterocycles. The zero-order chi connectivity index (χ0) is 43.2. The number of aryl methyl sites for hydroxylation is 2. The van der Waals surface area contributed by atoms with Crippen LogP contribution >= 0.6 is 0 Å². The van der Waals surface area contributed by atoms with Gasteiger partial charge in [0.2, 0.25) is 5.91 Å². The number of alkyl halides is 6. The number of nitrogens with zero attached hydrogens (tertiary/aromatic N) is 5. The molecule has 61 heavy (non-hydrogen) atoms. The molecule has 8 aromatic rings. The van der Waals surface area contributed by atoms with Crippen molar-refractivity contribution in [1.82, 2.24) is 19.1 Å². The first-order valence-electron chi connectivity index (χ1n) is 18.5. The summed E-state index contributed by atoms with van der Waals surface area (Å²) in [5.41, 5.74) is 9.04. The zero-order valence-corrected chi connectivity index (χ0v) is 32.1. The smallest absolute Gasteiger partial charge is 0.416 e. The molecule has 0 aliphatic rings. The first-order valence-corrected chi connectivity index (χ1v) is 18.5. The zero-order valence-electron chi connectivity index (χ0n) is 32.1. The standard InChI is InChI=1S/C45H32F6N6O4/c1-55-36-19-7-17-34(39(36)53-42(55)60-32-15-5-12-29(23-32)44(46,47)48)26-9-3-11-28(21-26)41(59)57(25-38(52)58)31-14-4-10-27(22-31)35-18-8-20-37-40(35)54-43(56(37)2)61-33-16-6-13-30(24-33)45(49,50)51/h3-24H,25H2,1-2H3,(H2,52,58). The first kappa shape index (κ1) is 40.2. The van der Waals surface area contributed by atoms with Crippen molar-refractivity contribution < 1.29 is 45.4 Å². The Morgan fingerprint density at radius 2 is 1.07 bits per heavy atom. The number of halogens is 6. The quantitative estimate of drug-likeness (QED) is 0.137. The lowest BCUT2D eigenvalue weighted by Crippen LogP contribution is -2.38. The number of fused-ring (bicyclic) bond motifs is 2. The number of imidazole rings is 2. The molecule has 308 valence electrons.